The highest BCUT2D eigenvalue weighted by atomic mass is 32.3. The number of halogens is 9. The maximum Gasteiger partial charge on any atom is 0.444 e. The Morgan fingerprint density at radius 1 is 0.636 bits per heavy atom. The van der Waals surface area contributed by atoms with Crippen LogP contribution in [0, 0.1) is 0 Å². The van der Waals surface area contributed by atoms with Crippen molar-refractivity contribution in [2.75, 3.05) is 13.1 Å². The molecule has 134 valence electrons. The van der Waals surface area contributed by atoms with Crippen LogP contribution in [-0.4, -0.2) is 36.7 Å². The Hall–Kier alpha value is 0.730. The normalized spacial score (nSPS) is 14.7. The molecule has 0 spiro atoms. The number of alkyl halides is 9. The van der Waals surface area contributed by atoms with E-state index in [9.17, 15) is 39.5 Å². The van der Waals surface area contributed by atoms with Crippen LogP contribution in [0.2, 0.25) is 0 Å². The first kappa shape index (κ1) is 22.7. The SMILES string of the molecule is CCN(CC)SC(SC(F)(F)F)(SC(F)(F)F)SC(F)(F)F. The van der Waals surface area contributed by atoms with Gasteiger partial charge < -0.3 is 0 Å². The van der Waals surface area contributed by atoms with Crippen LogP contribution in [0.25, 0.3) is 0 Å². The quantitative estimate of drug-likeness (QED) is 0.268. The summed E-state index contributed by atoms with van der Waals surface area (Å²) in [6, 6.07) is 0. The zero-order valence-electron chi connectivity index (χ0n) is 10.9. The van der Waals surface area contributed by atoms with Crippen LogP contribution >= 0.6 is 47.2 Å². The van der Waals surface area contributed by atoms with Crippen LogP contribution in [-0.2, 0) is 0 Å². The van der Waals surface area contributed by atoms with Gasteiger partial charge in [0, 0.05) is 13.1 Å². The number of thioether (sulfide) groups is 3. The van der Waals surface area contributed by atoms with E-state index in [1.807, 2.05) is 0 Å². The molecule has 0 saturated heterocycles. The van der Waals surface area contributed by atoms with Crippen LogP contribution < -0.4 is 0 Å². The number of nitrogens with zero attached hydrogens (tertiary/aromatic N) is 1. The second-order valence-corrected chi connectivity index (χ2v) is 10.0. The molecule has 14 heteroatoms. The van der Waals surface area contributed by atoms with Crippen LogP contribution in [0.4, 0.5) is 39.5 Å². The van der Waals surface area contributed by atoms with Crippen LogP contribution in [0.1, 0.15) is 13.8 Å². The summed E-state index contributed by atoms with van der Waals surface area (Å²) in [7, 11) is 0. The third-order valence-electron chi connectivity index (χ3n) is 1.67. The molecule has 0 rings (SSSR count). The third kappa shape index (κ3) is 10.5. The van der Waals surface area contributed by atoms with Crippen molar-refractivity contribution in [1.29, 1.82) is 0 Å². The molecule has 0 atom stereocenters. The molecule has 0 radical (unpaired) electrons. The van der Waals surface area contributed by atoms with E-state index < -0.39 is 54.6 Å². The Balaban J connectivity index is 5.67. The zero-order valence-corrected chi connectivity index (χ0v) is 14.2. The molecule has 0 unspecified atom stereocenters. The first-order chi connectivity index (χ1) is 9.61. The van der Waals surface area contributed by atoms with Crippen molar-refractivity contribution in [2.24, 2.45) is 0 Å². The van der Waals surface area contributed by atoms with E-state index in [4.69, 9.17) is 0 Å². The number of rotatable bonds is 7. The summed E-state index contributed by atoms with van der Waals surface area (Å²) < 4.78 is 110. The summed E-state index contributed by atoms with van der Waals surface area (Å²) in [6.45, 7) is 2.79. The smallest absolute Gasteiger partial charge is 0.248 e. The first-order valence-corrected chi connectivity index (χ1v) is 8.58. The largest absolute Gasteiger partial charge is 0.444 e. The van der Waals surface area contributed by atoms with Gasteiger partial charge >= 0.3 is 16.5 Å². The van der Waals surface area contributed by atoms with Gasteiger partial charge in [0.25, 0.3) is 0 Å². The van der Waals surface area contributed by atoms with Gasteiger partial charge in [-0.05, 0) is 47.2 Å². The third-order valence-corrected chi connectivity index (χ3v) is 7.03. The summed E-state index contributed by atoms with van der Waals surface area (Å²) in [6.07, 6.45) is 0. The number of hydrogen-bond acceptors (Lipinski definition) is 5. The van der Waals surface area contributed by atoms with E-state index in [0.717, 1.165) is 4.31 Å². The Morgan fingerprint density at radius 2 is 0.909 bits per heavy atom. The molecule has 0 amide bonds. The second-order valence-electron chi connectivity index (χ2n) is 3.35. The Bertz CT molecular complexity index is 295. The van der Waals surface area contributed by atoms with E-state index >= 15 is 0 Å². The van der Waals surface area contributed by atoms with Crippen molar-refractivity contribution >= 4 is 47.2 Å². The molecule has 0 aromatic rings. The van der Waals surface area contributed by atoms with E-state index in [1.54, 1.807) is 0 Å². The molecule has 0 aromatic carbocycles. The van der Waals surface area contributed by atoms with Crippen molar-refractivity contribution in [3.8, 4) is 0 Å². The molecule has 0 heterocycles. The molecule has 0 bridgehead atoms. The summed E-state index contributed by atoms with van der Waals surface area (Å²) >= 11 is -4.11. The standard InChI is InChI=1S/C8H10F9NS4/c1-3-18(4-2)22-8(19-5(9,10)11,20-6(12,13)14)21-7(15,16)17/h3-4H2,1-2H3. The Morgan fingerprint density at radius 3 is 1.09 bits per heavy atom. The van der Waals surface area contributed by atoms with Crippen molar-refractivity contribution in [1.82, 2.24) is 4.31 Å². The van der Waals surface area contributed by atoms with Gasteiger partial charge in [0.2, 0.25) is 0 Å². The first-order valence-electron chi connectivity index (χ1n) is 5.36. The van der Waals surface area contributed by atoms with Gasteiger partial charge in [0.1, 0.15) is 0 Å². The topological polar surface area (TPSA) is 3.24 Å². The molecule has 0 aliphatic heterocycles. The maximum absolute atomic E-state index is 12.5. The minimum atomic E-state index is -5.27. The van der Waals surface area contributed by atoms with Gasteiger partial charge in [-0.3, -0.25) is 0 Å². The summed E-state index contributed by atoms with van der Waals surface area (Å²) in [5.41, 5.74) is -15.8. The van der Waals surface area contributed by atoms with E-state index in [2.05, 4.69) is 0 Å². The van der Waals surface area contributed by atoms with Crippen LogP contribution in [0.5, 0.6) is 0 Å². The molecule has 0 aromatic heterocycles. The van der Waals surface area contributed by atoms with E-state index in [0.29, 0.717) is 0 Å². The predicted molar refractivity (Wildman–Crippen MR) is 74.2 cm³/mol. The van der Waals surface area contributed by atoms with E-state index in [1.165, 1.54) is 13.8 Å². The molecular formula is C8H10F9NS4. The molecule has 0 fully saturated rings. The number of hydrogen-bond donors (Lipinski definition) is 0. The monoisotopic (exact) mass is 419 g/mol. The Kier molecular flexibility index (Phi) is 8.48. The van der Waals surface area contributed by atoms with Gasteiger partial charge in [0.15, 0.2) is 2.74 Å². The minimum Gasteiger partial charge on any atom is -0.248 e. The van der Waals surface area contributed by atoms with Crippen molar-refractivity contribution in [3.63, 3.8) is 0 Å². The average molecular weight is 419 g/mol. The lowest BCUT2D eigenvalue weighted by Gasteiger charge is -2.35. The summed E-state index contributed by atoms with van der Waals surface area (Å²) in [5, 5.41) is 0. The summed E-state index contributed by atoms with van der Waals surface area (Å²) in [5.74, 6) is 0. The molecule has 22 heavy (non-hydrogen) atoms. The lowest BCUT2D eigenvalue weighted by molar-refractivity contribution is -0.0356. The van der Waals surface area contributed by atoms with Gasteiger partial charge in [-0.15, -0.1) is 0 Å². The highest BCUT2D eigenvalue weighted by molar-refractivity contribution is 8.47. The molecule has 0 N–H and O–H groups in total. The van der Waals surface area contributed by atoms with Crippen LogP contribution in [0.3, 0.4) is 0 Å². The zero-order chi connectivity index (χ0) is 17.8. The molecule has 1 nitrogen and oxygen atoms in total. The average Bonchev–Trinajstić information content (AvgIpc) is 2.17. The minimum absolute atomic E-state index is 0.0157. The van der Waals surface area contributed by atoms with Crippen molar-refractivity contribution in [3.05, 3.63) is 0 Å². The lowest BCUT2D eigenvalue weighted by Crippen LogP contribution is -2.31. The molecule has 0 aliphatic rings. The van der Waals surface area contributed by atoms with Gasteiger partial charge in [-0.2, -0.15) is 39.5 Å². The van der Waals surface area contributed by atoms with Gasteiger partial charge in [-0.25, -0.2) is 4.31 Å². The maximum atomic E-state index is 12.5. The van der Waals surface area contributed by atoms with Gasteiger partial charge in [-0.1, -0.05) is 13.8 Å². The van der Waals surface area contributed by atoms with Crippen molar-refractivity contribution in [2.45, 2.75) is 33.1 Å². The Labute approximate surface area is 137 Å². The molecular weight excluding hydrogens is 409 g/mol. The summed E-state index contributed by atoms with van der Waals surface area (Å²) in [4.78, 5) is 0. The van der Waals surface area contributed by atoms with Crippen LogP contribution in [0.15, 0.2) is 0 Å². The predicted octanol–water partition coefficient (Wildman–Crippen LogP) is 6.35. The molecule has 0 aliphatic carbocycles. The van der Waals surface area contributed by atoms with Crippen molar-refractivity contribution < 1.29 is 39.5 Å². The highest BCUT2D eigenvalue weighted by Crippen LogP contribution is 2.67. The fourth-order valence-electron chi connectivity index (χ4n) is 1.05. The highest BCUT2D eigenvalue weighted by Gasteiger charge is 2.57. The van der Waals surface area contributed by atoms with E-state index in [-0.39, 0.29) is 25.0 Å². The van der Waals surface area contributed by atoms with Gasteiger partial charge in [0.05, 0.1) is 0 Å². The fourth-order valence-corrected chi connectivity index (χ4v) is 6.93. The second kappa shape index (κ2) is 8.21. The fraction of sp³-hybridized carbons (Fsp3) is 1.00. The molecule has 0 saturated carbocycles. The lowest BCUT2D eigenvalue weighted by atomic mass is 10.7.